The Labute approximate surface area is 119 Å². The van der Waals surface area contributed by atoms with Gasteiger partial charge in [-0.25, -0.2) is 13.1 Å². The van der Waals surface area contributed by atoms with Crippen molar-refractivity contribution < 1.29 is 8.42 Å². The molecule has 0 bridgehead atoms. The number of rotatable bonds is 4. The van der Waals surface area contributed by atoms with Gasteiger partial charge in [0.1, 0.15) is 4.90 Å². The molecule has 2 rings (SSSR count). The van der Waals surface area contributed by atoms with Crippen LogP contribution in [0.5, 0.6) is 0 Å². The van der Waals surface area contributed by atoms with Crippen molar-refractivity contribution in [3.05, 3.63) is 28.8 Å². The first-order valence-electron chi connectivity index (χ1n) is 6.45. The fourth-order valence-electron chi connectivity index (χ4n) is 2.23. The highest BCUT2D eigenvalue weighted by Crippen LogP contribution is 2.22. The Balaban J connectivity index is 2.05. The van der Waals surface area contributed by atoms with E-state index in [-0.39, 0.29) is 9.92 Å². The lowest BCUT2D eigenvalue weighted by Crippen LogP contribution is -2.38. The molecule has 0 saturated carbocycles. The molecule has 19 heavy (non-hydrogen) atoms. The van der Waals surface area contributed by atoms with E-state index in [1.54, 1.807) is 18.2 Å². The van der Waals surface area contributed by atoms with E-state index >= 15 is 0 Å². The minimum Gasteiger partial charge on any atom is -0.316 e. The standard InChI is InChI=1S/C13H19ClN2O2S/c1-10-4-5-13(12(14)7-10)19(17,18)16-9-11-3-2-6-15-8-11/h4-5,7,11,15-16H,2-3,6,8-9H2,1H3. The third-order valence-corrected chi connectivity index (χ3v) is 5.24. The molecule has 0 aromatic heterocycles. The zero-order valence-corrected chi connectivity index (χ0v) is 12.5. The fourth-order valence-corrected chi connectivity index (χ4v) is 3.94. The molecule has 1 atom stereocenters. The van der Waals surface area contributed by atoms with Crippen LogP contribution in [0.1, 0.15) is 18.4 Å². The third kappa shape index (κ3) is 3.92. The lowest BCUT2D eigenvalue weighted by molar-refractivity contribution is 0.376. The molecule has 0 aliphatic carbocycles. The SMILES string of the molecule is Cc1ccc(S(=O)(=O)NCC2CCCNC2)c(Cl)c1. The molecule has 0 amide bonds. The summed E-state index contributed by atoms with van der Waals surface area (Å²) in [4.78, 5) is 0.156. The molecule has 6 heteroatoms. The second-order valence-corrected chi connectivity index (χ2v) is 7.14. The quantitative estimate of drug-likeness (QED) is 0.893. The second-order valence-electron chi connectivity index (χ2n) is 5.00. The molecular weight excluding hydrogens is 284 g/mol. The summed E-state index contributed by atoms with van der Waals surface area (Å²) in [6.45, 7) is 4.22. The molecule has 106 valence electrons. The zero-order chi connectivity index (χ0) is 13.9. The molecule has 1 aromatic carbocycles. The topological polar surface area (TPSA) is 58.2 Å². The van der Waals surface area contributed by atoms with Crippen LogP contribution < -0.4 is 10.0 Å². The van der Waals surface area contributed by atoms with Gasteiger partial charge in [0, 0.05) is 6.54 Å². The number of aryl methyl sites for hydroxylation is 1. The van der Waals surface area contributed by atoms with Crippen LogP contribution in [0.3, 0.4) is 0 Å². The number of sulfonamides is 1. The Morgan fingerprint density at radius 1 is 1.47 bits per heavy atom. The van der Waals surface area contributed by atoms with Gasteiger partial charge in [0.25, 0.3) is 0 Å². The van der Waals surface area contributed by atoms with E-state index in [9.17, 15) is 8.42 Å². The van der Waals surface area contributed by atoms with E-state index in [0.29, 0.717) is 12.5 Å². The summed E-state index contributed by atoms with van der Waals surface area (Å²) in [5, 5.41) is 3.54. The van der Waals surface area contributed by atoms with Gasteiger partial charge in [0.2, 0.25) is 10.0 Å². The summed E-state index contributed by atoms with van der Waals surface area (Å²) >= 11 is 6.00. The van der Waals surface area contributed by atoms with Crippen LogP contribution in [0, 0.1) is 12.8 Å². The molecule has 0 spiro atoms. The fraction of sp³-hybridized carbons (Fsp3) is 0.538. The van der Waals surface area contributed by atoms with Crippen molar-refractivity contribution in [1.82, 2.24) is 10.0 Å². The van der Waals surface area contributed by atoms with Gasteiger partial charge in [0.15, 0.2) is 0 Å². The zero-order valence-electron chi connectivity index (χ0n) is 10.9. The lowest BCUT2D eigenvalue weighted by atomic mass is 10.0. The van der Waals surface area contributed by atoms with Gasteiger partial charge in [-0.15, -0.1) is 0 Å². The Morgan fingerprint density at radius 2 is 2.26 bits per heavy atom. The highest BCUT2D eigenvalue weighted by molar-refractivity contribution is 7.89. The predicted molar refractivity (Wildman–Crippen MR) is 77.0 cm³/mol. The Morgan fingerprint density at radius 3 is 2.89 bits per heavy atom. The summed E-state index contributed by atoms with van der Waals surface area (Å²) in [6.07, 6.45) is 2.15. The van der Waals surface area contributed by atoms with Crippen LogP contribution in [-0.2, 0) is 10.0 Å². The van der Waals surface area contributed by atoms with Crippen LogP contribution in [0.15, 0.2) is 23.1 Å². The van der Waals surface area contributed by atoms with Gasteiger partial charge in [-0.1, -0.05) is 17.7 Å². The van der Waals surface area contributed by atoms with Gasteiger partial charge < -0.3 is 5.32 Å². The van der Waals surface area contributed by atoms with Crippen molar-refractivity contribution in [3.8, 4) is 0 Å². The highest BCUT2D eigenvalue weighted by atomic mass is 35.5. The first kappa shape index (κ1) is 14.8. The van der Waals surface area contributed by atoms with Crippen LogP contribution >= 0.6 is 11.6 Å². The van der Waals surface area contributed by atoms with Gasteiger partial charge in [-0.2, -0.15) is 0 Å². The molecule has 1 saturated heterocycles. The van der Waals surface area contributed by atoms with Gasteiger partial charge in [-0.3, -0.25) is 0 Å². The van der Waals surface area contributed by atoms with E-state index in [4.69, 9.17) is 11.6 Å². The molecule has 0 radical (unpaired) electrons. The van der Waals surface area contributed by atoms with E-state index in [1.165, 1.54) is 0 Å². The van der Waals surface area contributed by atoms with E-state index in [1.807, 2.05) is 6.92 Å². The van der Waals surface area contributed by atoms with Crippen molar-refractivity contribution in [1.29, 1.82) is 0 Å². The Hall–Kier alpha value is -0.620. The van der Waals surface area contributed by atoms with Crippen LogP contribution in [0.2, 0.25) is 5.02 Å². The molecule has 1 aromatic rings. The van der Waals surface area contributed by atoms with Crippen LogP contribution in [0.25, 0.3) is 0 Å². The average Bonchev–Trinajstić information content (AvgIpc) is 2.37. The third-order valence-electron chi connectivity index (χ3n) is 3.34. The average molecular weight is 303 g/mol. The summed E-state index contributed by atoms with van der Waals surface area (Å²) < 4.78 is 27.0. The Bertz CT molecular complexity index is 540. The van der Waals surface area contributed by atoms with Crippen molar-refractivity contribution in [2.24, 2.45) is 5.92 Å². The molecule has 1 aliphatic heterocycles. The normalized spacial score (nSPS) is 20.4. The van der Waals surface area contributed by atoms with Crippen molar-refractivity contribution in [2.75, 3.05) is 19.6 Å². The van der Waals surface area contributed by atoms with E-state index < -0.39 is 10.0 Å². The molecule has 4 nitrogen and oxygen atoms in total. The molecule has 1 aliphatic rings. The monoisotopic (exact) mass is 302 g/mol. The highest BCUT2D eigenvalue weighted by Gasteiger charge is 2.20. The van der Waals surface area contributed by atoms with Crippen LogP contribution in [-0.4, -0.2) is 28.1 Å². The second kappa shape index (κ2) is 6.22. The van der Waals surface area contributed by atoms with Gasteiger partial charge in [-0.05, 0) is 56.5 Å². The first-order chi connectivity index (χ1) is 8.99. The number of hydrogen-bond donors (Lipinski definition) is 2. The predicted octanol–water partition coefficient (Wildman–Crippen LogP) is 1.93. The first-order valence-corrected chi connectivity index (χ1v) is 8.32. The molecular formula is C13H19ClN2O2S. The van der Waals surface area contributed by atoms with Crippen molar-refractivity contribution in [3.63, 3.8) is 0 Å². The Kier molecular flexibility index (Phi) is 4.84. The minimum atomic E-state index is -3.52. The maximum absolute atomic E-state index is 12.2. The van der Waals surface area contributed by atoms with E-state index in [0.717, 1.165) is 31.5 Å². The smallest absolute Gasteiger partial charge is 0.242 e. The molecule has 1 unspecified atom stereocenters. The summed E-state index contributed by atoms with van der Waals surface area (Å²) in [5.74, 6) is 0.354. The number of hydrogen-bond acceptors (Lipinski definition) is 3. The van der Waals surface area contributed by atoms with Crippen LogP contribution in [0.4, 0.5) is 0 Å². The number of piperidine rings is 1. The number of nitrogens with one attached hydrogen (secondary N) is 2. The van der Waals surface area contributed by atoms with Gasteiger partial charge >= 0.3 is 0 Å². The minimum absolute atomic E-state index is 0.156. The molecule has 2 N–H and O–H groups in total. The number of benzene rings is 1. The summed E-state index contributed by atoms with van der Waals surface area (Å²) in [5.41, 5.74) is 0.945. The van der Waals surface area contributed by atoms with E-state index in [2.05, 4.69) is 10.0 Å². The summed E-state index contributed by atoms with van der Waals surface area (Å²) in [6, 6.07) is 4.97. The summed E-state index contributed by atoms with van der Waals surface area (Å²) in [7, 11) is -3.52. The lowest BCUT2D eigenvalue weighted by Gasteiger charge is -2.22. The number of halogens is 1. The maximum atomic E-state index is 12.2. The van der Waals surface area contributed by atoms with Gasteiger partial charge in [0.05, 0.1) is 5.02 Å². The largest absolute Gasteiger partial charge is 0.316 e. The maximum Gasteiger partial charge on any atom is 0.242 e. The molecule has 1 fully saturated rings. The molecule has 1 heterocycles. The van der Waals surface area contributed by atoms with Crippen molar-refractivity contribution in [2.45, 2.75) is 24.7 Å². The van der Waals surface area contributed by atoms with Crippen molar-refractivity contribution >= 4 is 21.6 Å².